The van der Waals surface area contributed by atoms with Gasteiger partial charge in [-0.2, -0.15) is 5.10 Å². The second-order valence-electron chi connectivity index (χ2n) is 5.33. The quantitative estimate of drug-likeness (QED) is 0.897. The minimum Gasteiger partial charge on any atom is -0.480 e. The molecule has 0 bridgehead atoms. The summed E-state index contributed by atoms with van der Waals surface area (Å²) in [6, 6.07) is 6.88. The number of aromatic nitrogens is 2. The van der Waals surface area contributed by atoms with E-state index in [1.165, 1.54) is 4.90 Å². The van der Waals surface area contributed by atoms with Gasteiger partial charge in [0.05, 0.1) is 17.6 Å². The molecule has 0 radical (unpaired) electrons. The van der Waals surface area contributed by atoms with Crippen LogP contribution < -0.4 is 0 Å². The molecule has 2 heterocycles. The number of benzene rings is 1. The minimum absolute atomic E-state index is 0.156. The number of H-pyrrole nitrogens is 1. The Morgan fingerprint density at radius 1 is 1.33 bits per heavy atom. The van der Waals surface area contributed by atoms with Crippen molar-refractivity contribution in [3.8, 4) is 0 Å². The fraction of sp³-hybridized carbons (Fsp3) is 0.400. The number of piperidine rings is 1. The first-order chi connectivity index (χ1) is 10.2. The Hall–Kier alpha value is -2.37. The Labute approximate surface area is 121 Å². The van der Waals surface area contributed by atoms with Gasteiger partial charge in [0.15, 0.2) is 0 Å². The lowest BCUT2D eigenvalue weighted by Gasteiger charge is -2.32. The Bertz CT molecular complexity index is 680. The van der Waals surface area contributed by atoms with Crippen molar-refractivity contribution in [1.82, 2.24) is 15.1 Å². The van der Waals surface area contributed by atoms with Crippen LogP contribution in [-0.4, -0.2) is 44.7 Å². The number of likely N-dealkylation sites (tertiary alicyclic amines) is 1. The number of rotatable bonds is 3. The molecule has 1 amide bonds. The third kappa shape index (κ3) is 2.61. The largest absolute Gasteiger partial charge is 0.480 e. The number of amides is 1. The summed E-state index contributed by atoms with van der Waals surface area (Å²) in [6.07, 6.45) is 2.40. The van der Waals surface area contributed by atoms with E-state index < -0.39 is 12.0 Å². The highest BCUT2D eigenvalue weighted by Crippen LogP contribution is 2.20. The zero-order valence-corrected chi connectivity index (χ0v) is 11.6. The topological polar surface area (TPSA) is 86.3 Å². The third-order valence-electron chi connectivity index (χ3n) is 3.98. The van der Waals surface area contributed by atoms with E-state index in [1.54, 1.807) is 0 Å². The first-order valence-corrected chi connectivity index (χ1v) is 7.11. The zero-order valence-electron chi connectivity index (χ0n) is 11.6. The van der Waals surface area contributed by atoms with Crippen molar-refractivity contribution in [3.63, 3.8) is 0 Å². The maximum Gasteiger partial charge on any atom is 0.326 e. The summed E-state index contributed by atoms with van der Waals surface area (Å²) < 4.78 is 0. The SMILES string of the molecule is O=C(O)C1CCCCN1C(=O)Cc1[nH]nc2ccccc12. The number of nitrogens with one attached hydrogen (secondary N) is 1. The summed E-state index contributed by atoms with van der Waals surface area (Å²) >= 11 is 0. The number of carboxylic acid groups (broad SMARTS) is 1. The van der Waals surface area contributed by atoms with E-state index in [-0.39, 0.29) is 12.3 Å². The van der Waals surface area contributed by atoms with Crippen molar-refractivity contribution >= 4 is 22.8 Å². The maximum atomic E-state index is 12.4. The van der Waals surface area contributed by atoms with E-state index in [1.807, 2.05) is 24.3 Å². The molecule has 1 aliphatic rings. The highest BCUT2D eigenvalue weighted by molar-refractivity contribution is 5.89. The molecule has 1 aliphatic heterocycles. The number of nitrogens with zero attached hydrogens (tertiary/aromatic N) is 2. The monoisotopic (exact) mass is 287 g/mol. The van der Waals surface area contributed by atoms with Crippen molar-refractivity contribution < 1.29 is 14.7 Å². The molecule has 0 aliphatic carbocycles. The summed E-state index contributed by atoms with van der Waals surface area (Å²) in [4.78, 5) is 25.2. The number of carboxylic acids is 1. The van der Waals surface area contributed by atoms with Gasteiger partial charge in [-0.05, 0) is 25.3 Å². The van der Waals surface area contributed by atoms with Gasteiger partial charge in [0, 0.05) is 11.9 Å². The van der Waals surface area contributed by atoms with E-state index in [4.69, 9.17) is 0 Å². The second-order valence-corrected chi connectivity index (χ2v) is 5.33. The van der Waals surface area contributed by atoms with Gasteiger partial charge in [0.2, 0.25) is 5.91 Å². The molecule has 1 unspecified atom stereocenters. The van der Waals surface area contributed by atoms with Crippen molar-refractivity contribution in [3.05, 3.63) is 30.0 Å². The number of para-hydroxylation sites is 1. The van der Waals surface area contributed by atoms with Gasteiger partial charge < -0.3 is 10.0 Å². The molecule has 2 aromatic rings. The Balaban J connectivity index is 1.80. The molecule has 21 heavy (non-hydrogen) atoms. The lowest BCUT2D eigenvalue weighted by molar-refractivity contribution is -0.151. The summed E-state index contributed by atoms with van der Waals surface area (Å²) in [6.45, 7) is 0.516. The van der Waals surface area contributed by atoms with Crippen LogP contribution in [0, 0.1) is 0 Å². The average Bonchev–Trinajstić information content (AvgIpc) is 2.90. The number of fused-ring (bicyclic) bond motifs is 1. The lowest BCUT2D eigenvalue weighted by Crippen LogP contribution is -2.48. The average molecular weight is 287 g/mol. The summed E-state index contributed by atoms with van der Waals surface area (Å²) in [5.74, 6) is -1.07. The van der Waals surface area contributed by atoms with Crippen LogP contribution in [0.1, 0.15) is 25.0 Å². The number of carbonyl (C=O) groups is 2. The van der Waals surface area contributed by atoms with E-state index in [2.05, 4.69) is 10.2 Å². The van der Waals surface area contributed by atoms with Crippen LogP contribution in [0.3, 0.4) is 0 Å². The number of aromatic amines is 1. The Morgan fingerprint density at radius 3 is 2.95 bits per heavy atom. The van der Waals surface area contributed by atoms with Crippen molar-refractivity contribution in [2.75, 3.05) is 6.54 Å². The standard InChI is InChI=1S/C15H17N3O3/c19-14(18-8-4-3-7-13(18)15(20)21)9-12-10-5-1-2-6-11(10)16-17-12/h1-2,5-6,13H,3-4,7-9H2,(H,16,17)(H,20,21). The predicted octanol–water partition coefficient (Wildman–Crippen LogP) is 1.57. The van der Waals surface area contributed by atoms with Gasteiger partial charge >= 0.3 is 5.97 Å². The highest BCUT2D eigenvalue weighted by atomic mass is 16.4. The second kappa shape index (κ2) is 5.55. The molecule has 0 saturated carbocycles. The summed E-state index contributed by atoms with van der Waals surface area (Å²) in [5, 5.41) is 17.2. The molecule has 0 spiro atoms. The molecule has 1 atom stereocenters. The highest BCUT2D eigenvalue weighted by Gasteiger charge is 2.32. The number of aliphatic carboxylic acids is 1. The predicted molar refractivity (Wildman–Crippen MR) is 76.8 cm³/mol. The van der Waals surface area contributed by atoms with Gasteiger partial charge in [-0.1, -0.05) is 18.2 Å². The first kappa shape index (κ1) is 13.6. The van der Waals surface area contributed by atoms with Crippen LogP contribution in [-0.2, 0) is 16.0 Å². The fourth-order valence-electron chi connectivity index (χ4n) is 2.89. The van der Waals surface area contributed by atoms with Crippen LogP contribution in [0.5, 0.6) is 0 Å². The van der Waals surface area contributed by atoms with Crippen molar-refractivity contribution in [1.29, 1.82) is 0 Å². The molecule has 6 heteroatoms. The molecule has 1 saturated heterocycles. The Morgan fingerprint density at radius 2 is 2.14 bits per heavy atom. The number of hydrogen-bond donors (Lipinski definition) is 2. The summed E-state index contributed by atoms with van der Waals surface area (Å²) in [7, 11) is 0. The van der Waals surface area contributed by atoms with E-state index in [9.17, 15) is 14.7 Å². The molecule has 1 aromatic heterocycles. The van der Waals surface area contributed by atoms with Crippen LogP contribution in [0.25, 0.3) is 10.9 Å². The zero-order chi connectivity index (χ0) is 14.8. The van der Waals surface area contributed by atoms with E-state index in [0.717, 1.165) is 29.4 Å². The molecule has 6 nitrogen and oxygen atoms in total. The number of hydrogen-bond acceptors (Lipinski definition) is 3. The molecule has 110 valence electrons. The fourth-order valence-corrected chi connectivity index (χ4v) is 2.89. The van der Waals surface area contributed by atoms with Gasteiger partial charge in [0.25, 0.3) is 0 Å². The molecular formula is C15H17N3O3. The molecule has 2 N–H and O–H groups in total. The maximum absolute atomic E-state index is 12.4. The molecule has 1 aromatic carbocycles. The van der Waals surface area contributed by atoms with E-state index >= 15 is 0 Å². The van der Waals surface area contributed by atoms with Gasteiger partial charge in [0.1, 0.15) is 6.04 Å². The van der Waals surface area contributed by atoms with Gasteiger partial charge in [-0.15, -0.1) is 0 Å². The smallest absolute Gasteiger partial charge is 0.326 e. The van der Waals surface area contributed by atoms with Gasteiger partial charge in [-0.25, -0.2) is 4.79 Å². The van der Waals surface area contributed by atoms with Crippen LogP contribution in [0.4, 0.5) is 0 Å². The molecular weight excluding hydrogens is 270 g/mol. The van der Waals surface area contributed by atoms with Gasteiger partial charge in [-0.3, -0.25) is 9.89 Å². The molecule has 1 fully saturated rings. The minimum atomic E-state index is -0.919. The van der Waals surface area contributed by atoms with Crippen LogP contribution in [0.2, 0.25) is 0 Å². The lowest BCUT2D eigenvalue weighted by atomic mass is 10.0. The Kier molecular flexibility index (Phi) is 3.60. The summed E-state index contributed by atoms with van der Waals surface area (Å²) in [5.41, 5.74) is 1.55. The van der Waals surface area contributed by atoms with Crippen molar-refractivity contribution in [2.24, 2.45) is 0 Å². The number of carbonyl (C=O) groups excluding carboxylic acids is 1. The molecule has 3 rings (SSSR count). The normalized spacial score (nSPS) is 18.9. The van der Waals surface area contributed by atoms with Crippen LogP contribution in [0.15, 0.2) is 24.3 Å². The first-order valence-electron chi connectivity index (χ1n) is 7.11. The van der Waals surface area contributed by atoms with Crippen LogP contribution >= 0.6 is 0 Å². The van der Waals surface area contributed by atoms with E-state index in [0.29, 0.717) is 13.0 Å². The van der Waals surface area contributed by atoms with Crippen molar-refractivity contribution in [2.45, 2.75) is 31.7 Å². The third-order valence-corrected chi connectivity index (χ3v) is 3.98.